The molecule has 2 aromatic carbocycles. The third kappa shape index (κ3) is 5.84. The number of hydrogen-bond donors (Lipinski definition) is 1. The predicted molar refractivity (Wildman–Crippen MR) is 115 cm³/mol. The molecule has 0 heterocycles. The maximum atomic E-state index is 9.83. The van der Waals surface area contributed by atoms with E-state index in [1.807, 2.05) is 0 Å². The van der Waals surface area contributed by atoms with Crippen LogP contribution in [0.4, 0.5) is 0 Å². The molecule has 0 amide bonds. The van der Waals surface area contributed by atoms with Crippen molar-refractivity contribution in [2.45, 2.75) is 52.1 Å². The second kappa shape index (κ2) is 10.3. The number of hydrogen-bond acceptors (Lipinski definition) is 1. The van der Waals surface area contributed by atoms with Crippen LogP contribution >= 0.6 is 0 Å². The molecule has 2 aromatic rings. The van der Waals surface area contributed by atoms with Crippen molar-refractivity contribution in [3.8, 4) is 0 Å². The van der Waals surface area contributed by atoms with Crippen LogP contribution in [0.3, 0.4) is 0 Å². The van der Waals surface area contributed by atoms with E-state index in [2.05, 4.69) is 86.4 Å². The van der Waals surface area contributed by atoms with E-state index >= 15 is 0 Å². The Morgan fingerprint density at radius 1 is 0.923 bits per heavy atom. The zero-order valence-corrected chi connectivity index (χ0v) is 17.5. The third-order valence-corrected chi connectivity index (χ3v) is 8.77. The number of aliphatic hydroxyl groups is 1. The summed E-state index contributed by atoms with van der Waals surface area (Å²) in [6.45, 7) is 7.13. The molecule has 0 spiro atoms. The summed E-state index contributed by atoms with van der Waals surface area (Å²) in [4.78, 5) is 0. The van der Waals surface area contributed by atoms with Crippen LogP contribution in [0.25, 0.3) is 0 Å². The first kappa shape index (κ1) is 20.4. The lowest BCUT2D eigenvalue weighted by Crippen LogP contribution is -2.43. The molecule has 138 valence electrons. The molecule has 0 unspecified atom stereocenters. The molecule has 0 radical (unpaired) electrons. The first-order valence-corrected chi connectivity index (χ1v) is 12.8. The summed E-state index contributed by atoms with van der Waals surface area (Å²) < 4.78 is 0. The van der Waals surface area contributed by atoms with Gasteiger partial charge in [-0.05, 0) is 42.0 Å². The van der Waals surface area contributed by atoms with Crippen molar-refractivity contribution >= 4 is 13.3 Å². The molecule has 1 N–H and O–H groups in total. The Balaban J connectivity index is 2.38. The summed E-state index contributed by atoms with van der Waals surface area (Å²) in [5, 5.41) is 12.7. The van der Waals surface area contributed by atoms with E-state index in [9.17, 15) is 5.11 Å². The Bertz CT molecular complexity index is 725. The van der Waals surface area contributed by atoms with Gasteiger partial charge in [0.25, 0.3) is 0 Å². The van der Waals surface area contributed by atoms with Crippen molar-refractivity contribution in [1.29, 1.82) is 0 Å². The lowest BCUT2D eigenvalue weighted by molar-refractivity contribution is 0.326. The van der Waals surface area contributed by atoms with Crippen LogP contribution in [-0.2, 0) is 6.42 Å². The van der Waals surface area contributed by atoms with Crippen molar-refractivity contribution in [2.75, 3.05) is 6.61 Å². The van der Waals surface area contributed by atoms with Crippen LogP contribution in [-0.4, -0.2) is 19.8 Å². The SMILES string of the molecule is CCCCC(=C=C(CCc1ccccc1)[Si](C)(C)c1ccccc1)CO. The van der Waals surface area contributed by atoms with Crippen LogP contribution < -0.4 is 5.19 Å². The summed E-state index contributed by atoms with van der Waals surface area (Å²) in [6.07, 6.45) is 5.24. The first-order valence-electron chi connectivity index (χ1n) is 9.76. The third-order valence-electron chi connectivity index (χ3n) is 5.11. The van der Waals surface area contributed by atoms with Crippen molar-refractivity contribution in [1.82, 2.24) is 0 Å². The first-order chi connectivity index (χ1) is 12.6. The molecule has 0 saturated carbocycles. The number of benzene rings is 2. The lowest BCUT2D eigenvalue weighted by Gasteiger charge is -2.26. The Hall–Kier alpha value is -1.86. The number of aliphatic hydroxyl groups excluding tert-OH is 1. The highest BCUT2D eigenvalue weighted by Crippen LogP contribution is 2.21. The van der Waals surface area contributed by atoms with Crippen molar-refractivity contribution in [3.05, 3.63) is 82.7 Å². The molecule has 2 heteroatoms. The van der Waals surface area contributed by atoms with E-state index in [-0.39, 0.29) is 6.61 Å². The van der Waals surface area contributed by atoms with Crippen LogP contribution in [0.15, 0.2) is 77.2 Å². The molecule has 1 nitrogen and oxygen atoms in total. The summed E-state index contributed by atoms with van der Waals surface area (Å²) in [5.74, 6) is 0. The molecular formula is C24H32OSi. The largest absolute Gasteiger partial charge is 0.391 e. The van der Waals surface area contributed by atoms with Crippen LogP contribution in [0.1, 0.15) is 38.2 Å². The highest BCUT2D eigenvalue weighted by atomic mass is 28.3. The van der Waals surface area contributed by atoms with Gasteiger partial charge >= 0.3 is 0 Å². The molecule has 0 aliphatic heterocycles. The van der Waals surface area contributed by atoms with Gasteiger partial charge in [0.2, 0.25) is 0 Å². The molecule has 26 heavy (non-hydrogen) atoms. The van der Waals surface area contributed by atoms with E-state index in [4.69, 9.17) is 0 Å². The second-order valence-electron chi connectivity index (χ2n) is 7.45. The summed E-state index contributed by atoms with van der Waals surface area (Å²) in [5.41, 5.74) is 6.12. The maximum absolute atomic E-state index is 9.83. The van der Waals surface area contributed by atoms with Crippen molar-refractivity contribution in [2.24, 2.45) is 0 Å². The topological polar surface area (TPSA) is 20.2 Å². The fourth-order valence-electron chi connectivity index (χ4n) is 3.26. The second-order valence-corrected chi connectivity index (χ2v) is 11.9. The van der Waals surface area contributed by atoms with E-state index in [1.54, 1.807) is 0 Å². The summed E-state index contributed by atoms with van der Waals surface area (Å²) in [7, 11) is -1.81. The van der Waals surface area contributed by atoms with Gasteiger partial charge in [-0.3, -0.25) is 0 Å². The standard InChI is InChI=1S/C24H32OSi/c1-4-5-12-22(20-25)19-24(18-17-21-13-8-6-9-14-21)26(2,3)23-15-10-7-11-16-23/h6-11,13-16,25H,4-5,12,17-18,20H2,1-3H3. The highest BCUT2D eigenvalue weighted by molar-refractivity contribution is 6.95. The fourth-order valence-corrected chi connectivity index (χ4v) is 5.87. The van der Waals surface area contributed by atoms with Gasteiger partial charge < -0.3 is 5.11 Å². The average Bonchev–Trinajstić information content (AvgIpc) is 2.68. The Morgan fingerprint density at radius 3 is 2.12 bits per heavy atom. The molecule has 0 atom stereocenters. The quantitative estimate of drug-likeness (QED) is 0.466. The monoisotopic (exact) mass is 364 g/mol. The minimum Gasteiger partial charge on any atom is -0.391 e. The average molecular weight is 365 g/mol. The van der Waals surface area contributed by atoms with Gasteiger partial charge in [-0.25, -0.2) is 0 Å². The Morgan fingerprint density at radius 2 is 1.54 bits per heavy atom. The Labute approximate surface area is 160 Å². The highest BCUT2D eigenvalue weighted by Gasteiger charge is 2.28. The number of unbranched alkanes of at least 4 members (excludes halogenated alkanes) is 1. The summed E-state index contributed by atoms with van der Waals surface area (Å²) >= 11 is 0. The molecule has 0 saturated heterocycles. The molecule has 0 aromatic heterocycles. The minimum atomic E-state index is -1.81. The smallest absolute Gasteiger partial charge is 0.116 e. The summed E-state index contributed by atoms with van der Waals surface area (Å²) in [6, 6.07) is 21.5. The van der Waals surface area contributed by atoms with E-state index in [0.29, 0.717) is 0 Å². The van der Waals surface area contributed by atoms with Gasteiger partial charge in [-0.2, -0.15) is 0 Å². The van der Waals surface area contributed by atoms with Crippen LogP contribution in [0, 0.1) is 0 Å². The van der Waals surface area contributed by atoms with Gasteiger partial charge in [0.15, 0.2) is 0 Å². The van der Waals surface area contributed by atoms with Crippen LogP contribution in [0.2, 0.25) is 13.1 Å². The Kier molecular flexibility index (Phi) is 8.12. The molecule has 0 bridgehead atoms. The van der Waals surface area contributed by atoms with Gasteiger partial charge in [-0.15, -0.1) is 5.73 Å². The maximum Gasteiger partial charge on any atom is 0.116 e. The van der Waals surface area contributed by atoms with Gasteiger partial charge in [0, 0.05) is 0 Å². The molecule has 0 aliphatic carbocycles. The number of aryl methyl sites for hydroxylation is 1. The van der Waals surface area contributed by atoms with Crippen molar-refractivity contribution in [3.63, 3.8) is 0 Å². The fraction of sp³-hybridized carbons (Fsp3) is 0.375. The van der Waals surface area contributed by atoms with Crippen LogP contribution in [0.5, 0.6) is 0 Å². The van der Waals surface area contributed by atoms with E-state index in [0.717, 1.165) is 37.7 Å². The predicted octanol–water partition coefficient (Wildman–Crippen LogP) is 5.41. The zero-order valence-electron chi connectivity index (χ0n) is 16.5. The zero-order chi connectivity index (χ0) is 18.8. The number of rotatable bonds is 9. The van der Waals surface area contributed by atoms with Crippen molar-refractivity contribution < 1.29 is 5.11 Å². The van der Waals surface area contributed by atoms with Gasteiger partial charge in [0.1, 0.15) is 8.07 Å². The lowest BCUT2D eigenvalue weighted by atomic mass is 10.1. The van der Waals surface area contributed by atoms with E-state index in [1.165, 1.54) is 15.9 Å². The molecule has 0 fully saturated rings. The normalized spacial score (nSPS) is 11.1. The van der Waals surface area contributed by atoms with Gasteiger partial charge in [-0.1, -0.05) is 92.3 Å². The molecular weight excluding hydrogens is 332 g/mol. The molecule has 2 rings (SSSR count). The minimum absolute atomic E-state index is 0.119. The van der Waals surface area contributed by atoms with E-state index < -0.39 is 8.07 Å². The van der Waals surface area contributed by atoms with Gasteiger partial charge in [0.05, 0.1) is 6.61 Å². The molecule has 0 aliphatic rings.